The molecule has 18 heavy (non-hydrogen) atoms. The van der Waals surface area contributed by atoms with E-state index in [4.69, 9.17) is 0 Å². The molecule has 3 heteroatoms. The Morgan fingerprint density at radius 2 is 1.83 bits per heavy atom. The molecule has 0 aromatic heterocycles. The predicted octanol–water partition coefficient (Wildman–Crippen LogP) is 2.45. The first-order valence-corrected chi connectivity index (χ1v) is 6.56. The second kappa shape index (κ2) is 6.55. The number of hydrogen-bond acceptors (Lipinski definition) is 2. The summed E-state index contributed by atoms with van der Waals surface area (Å²) in [6.45, 7) is 5.97. The fourth-order valence-electron chi connectivity index (χ4n) is 1.96. The molecule has 1 aromatic rings. The van der Waals surface area contributed by atoms with E-state index in [1.54, 1.807) is 6.92 Å². The molecule has 1 rings (SSSR count). The van der Waals surface area contributed by atoms with E-state index in [0.717, 1.165) is 18.4 Å². The molecule has 0 aliphatic rings. The van der Waals surface area contributed by atoms with E-state index in [-0.39, 0.29) is 18.4 Å². The van der Waals surface area contributed by atoms with Gasteiger partial charge in [0, 0.05) is 5.92 Å². The van der Waals surface area contributed by atoms with Crippen molar-refractivity contribution in [2.75, 3.05) is 6.54 Å². The van der Waals surface area contributed by atoms with Crippen molar-refractivity contribution < 1.29 is 9.90 Å². The summed E-state index contributed by atoms with van der Waals surface area (Å²) < 4.78 is 0. The van der Waals surface area contributed by atoms with E-state index in [1.165, 1.54) is 0 Å². The van der Waals surface area contributed by atoms with Crippen LogP contribution in [-0.2, 0) is 10.4 Å². The molecule has 0 radical (unpaired) electrons. The molecule has 1 aromatic carbocycles. The van der Waals surface area contributed by atoms with Gasteiger partial charge in [-0.1, -0.05) is 44.2 Å². The van der Waals surface area contributed by atoms with Gasteiger partial charge >= 0.3 is 0 Å². The van der Waals surface area contributed by atoms with Gasteiger partial charge in [0.05, 0.1) is 6.54 Å². The first-order valence-electron chi connectivity index (χ1n) is 6.56. The van der Waals surface area contributed by atoms with Gasteiger partial charge in [-0.25, -0.2) is 0 Å². The lowest BCUT2D eigenvalue weighted by molar-refractivity contribution is -0.126. The molecule has 0 aliphatic carbocycles. The van der Waals surface area contributed by atoms with E-state index in [1.807, 2.05) is 44.2 Å². The van der Waals surface area contributed by atoms with Crippen LogP contribution in [0.3, 0.4) is 0 Å². The van der Waals surface area contributed by atoms with Crippen molar-refractivity contribution in [2.45, 2.75) is 39.2 Å². The van der Waals surface area contributed by atoms with E-state index in [9.17, 15) is 9.90 Å². The van der Waals surface area contributed by atoms with Gasteiger partial charge in [0.1, 0.15) is 5.60 Å². The maximum absolute atomic E-state index is 11.9. The first-order chi connectivity index (χ1) is 8.51. The number of benzene rings is 1. The highest BCUT2D eigenvalue weighted by Gasteiger charge is 2.24. The maximum Gasteiger partial charge on any atom is 0.223 e. The highest BCUT2D eigenvalue weighted by molar-refractivity contribution is 5.78. The molecule has 1 unspecified atom stereocenters. The smallest absolute Gasteiger partial charge is 0.223 e. The lowest BCUT2D eigenvalue weighted by Gasteiger charge is -2.25. The monoisotopic (exact) mass is 249 g/mol. The van der Waals surface area contributed by atoms with Crippen molar-refractivity contribution in [1.82, 2.24) is 5.32 Å². The van der Waals surface area contributed by atoms with Crippen LogP contribution in [0.5, 0.6) is 0 Å². The van der Waals surface area contributed by atoms with Crippen LogP contribution >= 0.6 is 0 Å². The number of nitrogens with one attached hydrogen (secondary N) is 1. The molecule has 3 nitrogen and oxygen atoms in total. The Bertz CT molecular complexity index is 369. The summed E-state index contributed by atoms with van der Waals surface area (Å²) in [7, 11) is 0. The number of rotatable bonds is 6. The van der Waals surface area contributed by atoms with E-state index in [0.29, 0.717) is 0 Å². The average molecular weight is 249 g/mol. The van der Waals surface area contributed by atoms with Gasteiger partial charge in [-0.15, -0.1) is 0 Å². The van der Waals surface area contributed by atoms with Gasteiger partial charge in [0.2, 0.25) is 5.91 Å². The SMILES string of the molecule is CCC(CC)C(=O)NCC(C)(O)c1ccccc1. The second-order valence-electron chi connectivity index (χ2n) is 4.87. The quantitative estimate of drug-likeness (QED) is 0.813. The van der Waals surface area contributed by atoms with Crippen LogP contribution < -0.4 is 5.32 Å². The van der Waals surface area contributed by atoms with Crippen molar-refractivity contribution in [3.8, 4) is 0 Å². The van der Waals surface area contributed by atoms with Crippen LogP contribution in [-0.4, -0.2) is 17.6 Å². The topological polar surface area (TPSA) is 49.3 Å². The number of amides is 1. The van der Waals surface area contributed by atoms with Crippen LogP contribution in [0.15, 0.2) is 30.3 Å². The summed E-state index contributed by atoms with van der Waals surface area (Å²) in [5, 5.41) is 13.2. The molecule has 100 valence electrons. The second-order valence-corrected chi connectivity index (χ2v) is 4.87. The highest BCUT2D eigenvalue weighted by atomic mass is 16.3. The average Bonchev–Trinajstić information content (AvgIpc) is 2.39. The third kappa shape index (κ3) is 3.84. The summed E-state index contributed by atoms with van der Waals surface area (Å²) in [5.41, 5.74) is -0.210. The molecular weight excluding hydrogens is 226 g/mol. The van der Waals surface area contributed by atoms with Gasteiger partial charge in [-0.3, -0.25) is 4.79 Å². The molecule has 0 saturated carbocycles. The van der Waals surface area contributed by atoms with Crippen LogP contribution in [0.4, 0.5) is 0 Å². The van der Waals surface area contributed by atoms with Crippen molar-refractivity contribution in [1.29, 1.82) is 0 Å². The highest BCUT2D eigenvalue weighted by Crippen LogP contribution is 2.19. The Kier molecular flexibility index (Phi) is 5.35. The number of carbonyl (C=O) groups excluding carboxylic acids is 1. The molecule has 0 fully saturated rings. The standard InChI is InChI=1S/C15H23NO2/c1-4-12(5-2)14(17)16-11-15(3,18)13-9-7-6-8-10-13/h6-10,12,18H,4-5,11H2,1-3H3,(H,16,17). The minimum absolute atomic E-state index is 0.0243. The zero-order valence-electron chi connectivity index (χ0n) is 11.4. The Morgan fingerprint density at radius 1 is 1.28 bits per heavy atom. The molecular formula is C15H23NO2. The van der Waals surface area contributed by atoms with Crippen LogP contribution in [0.1, 0.15) is 39.2 Å². The third-order valence-corrected chi connectivity index (χ3v) is 3.36. The summed E-state index contributed by atoms with van der Waals surface area (Å²) in [6, 6.07) is 9.40. The van der Waals surface area contributed by atoms with E-state index >= 15 is 0 Å². The summed E-state index contributed by atoms with van der Waals surface area (Å²) >= 11 is 0. The molecule has 2 N–H and O–H groups in total. The van der Waals surface area contributed by atoms with Gasteiger partial charge < -0.3 is 10.4 Å². The van der Waals surface area contributed by atoms with Gasteiger partial charge in [-0.2, -0.15) is 0 Å². The zero-order valence-corrected chi connectivity index (χ0v) is 11.4. The molecule has 1 amide bonds. The molecule has 0 bridgehead atoms. The van der Waals surface area contributed by atoms with Crippen LogP contribution in [0.25, 0.3) is 0 Å². The first kappa shape index (κ1) is 14.7. The molecule has 0 spiro atoms. The van der Waals surface area contributed by atoms with Crippen LogP contribution in [0, 0.1) is 5.92 Å². The summed E-state index contributed by atoms with van der Waals surface area (Å²) in [5.74, 6) is 0.0628. The molecule has 0 aliphatic heterocycles. The van der Waals surface area contributed by atoms with E-state index < -0.39 is 5.60 Å². The lowest BCUT2D eigenvalue weighted by atomic mass is 9.95. The fourth-order valence-corrected chi connectivity index (χ4v) is 1.96. The van der Waals surface area contributed by atoms with Crippen molar-refractivity contribution in [3.05, 3.63) is 35.9 Å². The Labute approximate surface area is 109 Å². The number of hydrogen-bond donors (Lipinski definition) is 2. The van der Waals surface area contributed by atoms with Crippen molar-refractivity contribution in [3.63, 3.8) is 0 Å². The number of aliphatic hydroxyl groups is 1. The van der Waals surface area contributed by atoms with Gasteiger partial charge in [0.25, 0.3) is 0 Å². The van der Waals surface area contributed by atoms with Gasteiger partial charge in [-0.05, 0) is 25.3 Å². The van der Waals surface area contributed by atoms with E-state index in [2.05, 4.69) is 5.32 Å². The summed E-state index contributed by atoms with van der Waals surface area (Å²) in [4.78, 5) is 11.9. The minimum atomic E-state index is -1.02. The lowest BCUT2D eigenvalue weighted by Crippen LogP contribution is -2.41. The summed E-state index contributed by atoms with van der Waals surface area (Å²) in [6.07, 6.45) is 1.66. The zero-order chi connectivity index (χ0) is 13.6. The fraction of sp³-hybridized carbons (Fsp3) is 0.533. The molecule has 0 saturated heterocycles. The van der Waals surface area contributed by atoms with Gasteiger partial charge in [0.15, 0.2) is 0 Å². The molecule has 0 heterocycles. The normalized spacial score (nSPS) is 14.3. The molecule has 1 atom stereocenters. The largest absolute Gasteiger partial charge is 0.384 e. The Morgan fingerprint density at radius 3 is 2.33 bits per heavy atom. The van der Waals surface area contributed by atoms with Crippen molar-refractivity contribution in [2.24, 2.45) is 5.92 Å². The number of carbonyl (C=O) groups is 1. The van der Waals surface area contributed by atoms with Crippen LogP contribution in [0.2, 0.25) is 0 Å². The Balaban J connectivity index is 2.60. The maximum atomic E-state index is 11.9. The third-order valence-electron chi connectivity index (χ3n) is 3.36. The Hall–Kier alpha value is -1.35. The minimum Gasteiger partial charge on any atom is -0.384 e. The predicted molar refractivity (Wildman–Crippen MR) is 73.1 cm³/mol. The van der Waals surface area contributed by atoms with Crippen molar-refractivity contribution >= 4 is 5.91 Å².